The molecule has 2 amide bonds. The SMILES string of the molecule is CC(C)c1noc(CNC(=O)N(C)Cc2cc(-c3ccncc3)no2)n1. The molecule has 0 fully saturated rings. The van der Waals surface area contributed by atoms with Crippen LogP contribution in [0.3, 0.4) is 0 Å². The average Bonchev–Trinajstić information content (AvgIpc) is 3.30. The molecule has 0 spiro atoms. The van der Waals surface area contributed by atoms with Crippen molar-refractivity contribution in [3.63, 3.8) is 0 Å². The van der Waals surface area contributed by atoms with E-state index in [9.17, 15) is 4.79 Å². The highest BCUT2D eigenvalue weighted by Gasteiger charge is 2.15. The molecule has 0 saturated heterocycles. The predicted molar refractivity (Wildman–Crippen MR) is 91.8 cm³/mol. The molecule has 0 aromatic carbocycles. The zero-order valence-corrected chi connectivity index (χ0v) is 14.8. The van der Waals surface area contributed by atoms with Crippen molar-refractivity contribution < 1.29 is 13.8 Å². The first-order valence-corrected chi connectivity index (χ1v) is 8.20. The maximum absolute atomic E-state index is 12.2. The van der Waals surface area contributed by atoms with Gasteiger partial charge in [0.25, 0.3) is 0 Å². The number of amides is 2. The zero-order valence-electron chi connectivity index (χ0n) is 14.8. The predicted octanol–water partition coefficient (Wildman–Crippen LogP) is 2.58. The largest absolute Gasteiger partial charge is 0.359 e. The van der Waals surface area contributed by atoms with Gasteiger partial charge >= 0.3 is 6.03 Å². The van der Waals surface area contributed by atoms with E-state index in [0.717, 1.165) is 5.56 Å². The van der Waals surface area contributed by atoms with Crippen molar-refractivity contribution in [1.82, 2.24) is 30.5 Å². The second-order valence-corrected chi connectivity index (χ2v) is 6.13. The monoisotopic (exact) mass is 356 g/mol. The zero-order chi connectivity index (χ0) is 18.5. The third kappa shape index (κ3) is 4.24. The second-order valence-electron chi connectivity index (χ2n) is 6.13. The second kappa shape index (κ2) is 7.77. The van der Waals surface area contributed by atoms with Gasteiger partial charge in [0.2, 0.25) is 5.89 Å². The van der Waals surface area contributed by atoms with Crippen LogP contribution in [0.2, 0.25) is 0 Å². The molecule has 0 radical (unpaired) electrons. The summed E-state index contributed by atoms with van der Waals surface area (Å²) in [6.07, 6.45) is 3.37. The minimum Gasteiger partial charge on any atom is -0.359 e. The molecule has 1 N–H and O–H groups in total. The van der Waals surface area contributed by atoms with Crippen LogP contribution in [-0.2, 0) is 13.1 Å². The van der Waals surface area contributed by atoms with E-state index < -0.39 is 0 Å². The van der Waals surface area contributed by atoms with Crippen LogP contribution in [0.25, 0.3) is 11.3 Å². The van der Waals surface area contributed by atoms with Crippen LogP contribution in [0.1, 0.15) is 37.2 Å². The van der Waals surface area contributed by atoms with Crippen LogP contribution in [-0.4, -0.2) is 38.3 Å². The summed E-state index contributed by atoms with van der Waals surface area (Å²) in [6.45, 7) is 4.39. The third-order valence-corrected chi connectivity index (χ3v) is 3.67. The Morgan fingerprint density at radius 3 is 2.69 bits per heavy atom. The molecule has 136 valence electrons. The topological polar surface area (TPSA) is 110 Å². The average molecular weight is 356 g/mol. The molecular weight excluding hydrogens is 336 g/mol. The maximum atomic E-state index is 12.2. The molecule has 3 rings (SSSR count). The number of carbonyl (C=O) groups excluding carboxylic acids is 1. The summed E-state index contributed by atoms with van der Waals surface area (Å²) in [5.41, 5.74) is 1.60. The van der Waals surface area contributed by atoms with Gasteiger partial charge in [-0.05, 0) is 12.1 Å². The molecular formula is C17H20N6O3. The van der Waals surface area contributed by atoms with Crippen molar-refractivity contribution in [1.29, 1.82) is 0 Å². The highest BCUT2D eigenvalue weighted by molar-refractivity contribution is 5.73. The molecule has 26 heavy (non-hydrogen) atoms. The number of rotatable bonds is 6. The third-order valence-electron chi connectivity index (χ3n) is 3.67. The molecule has 3 heterocycles. The Morgan fingerprint density at radius 2 is 2.00 bits per heavy atom. The van der Waals surface area contributed by atoms with Gasteiger partial charge in [0.15, 0.2) is 11.6 Å². The Bertz CT molecular complexity index is 858. The summed E-state index contributed by atoms with van der Waals surface area (Å²) in [4.78, 5) is 21.9. The quantitative estimate of drug-likeness (QED) is 0.722. The molecule has 0 aliphatic rings. The molecule has 0 aliphatic heterocycles. The Kier molecular flexibility index (Phi) is 5.26. The first kappa shape index (κ1) is 17.6. The van der Waals surface area contributed by atoms with Crippen LogP contribution < -0.4 is 5.32 Å². The Hall–Kier alpha value is -3.23. The number of nitrogens with zero attached hydrogens (tertiary/aromatic N) is 5. The Morgan fingerprint density at radius 1 is 1.23 bits per heavy atom. The van der Waals surface area contributed by atoms with Crippen LogP contribution in [0.15, 0.2) is 39.6 Å². The number of aromatic nitrogens is 4. The number of pyridine rings is 1. The molecule has 0 aliphatic carbocycles. The number of urea groups is 1. The molecule has 9 heteroatoms. The lowest BCUT2D eigenvalue weighted by Gasteiger charge is -2.15. The van der Waals surface area contributed by atoms with Gasteiger partial charge in [-0.25, -0.2) is 4.79 Å². The minimum atomic E-state index is -0.281. The van der Waals surface area contributed by atoms with Gasteiger partial charge in [-0.3, -0.25) is 4.98 Å². The van der Waals surface area contributed by atoms with Crippen molar-refractivity contribution in [3.8, 4) is 11.3 Å². The Labute approximate surface area is 150 Å². The minimum absolute atomic E-state index is 0.168. The molecule has 0 saturated carbocycles. The van der Waals surface area contributed by atoms with E-state index in [2.05, 4.69) is 25.6 Å². The van der Waals surface area contributed by atoms with Crippen molar-refractivity contribution >= 4 is 6.03 Å². The van der Waals surface area contributed by atoms with Crippen molar-refractivity contribution in [3.05, 3.63) is 48.1 Å². The first-order chi connectivity index (χ1) is 12.5. The lowest BCUT2D eigenvalue weighted by Crippen LogP contribution is -2.36. The lowest BCUT2D eigenvalue weighted by atomic mass is 10.2. The lowest BCUT2D eigenvalue weighted by molar-refractivity contribution is 0.198. The van der Waals surface area contributed by atoms with Gasteiger partial charge in [-0.1, -0.05) is 24.2 Å². The van der Waals surface area contributed by atoms with E-state index in [1.165, 1.54) is 4.90 Å². The summed E-state index contributed by atoms with van der Waals surface area (Å²) in [5, 5.41) is 10.6. The fourth-order valence-corrected chi connectivity index (χ4v) is 2.21. The molecule has 9 nitrogen and oxygen atoms in total. The summed E-state index contributed by atoms with van der Waals surface area (Å²) in [5.74, 6) is 1.74. The van der Waals surface area contributed by atoms with E-state index >= 15 is 0 Å². The Balaban J connectivity index is 1.53. The normalized spacial score (nSPS) is 10.9. The van der Waals surface area contributed by atoms with E-state index in [-0.39, 0.29) is 25.0 Å². The molecule has 0 atom stereocenters. The van der Waals surface area contributed by atoms with Crippen molar-refractivity contribution in [2.75, 3.05) is 7.05 Å². The van der Waals surface area contributed by atoms with Gasteiger partial charge in [0.1, 0.15) is 5.69 Å². The maximum Gasteiger partial charge on any atom is 0.317 e. The number of hydrogen-bond donors (Lipinski definition) is 1. The van der Waals surface area contributed by atoms with E-state index in [4.69, 9.17) is 9.05 Å². The summed E-state index contributed by atoms with van der Waals surface area (Å²) in [7, 11) is 1.66. The standard InChI is InChI=1S/C17H20N6O3/c1-11(2)16-20-15(26-22-16)9-19-17(24)23(3)10-13-8-14(21-25-13)12-4-6-18-7-5-12/h4-8,11H,9-10H2,1-3H3,(H,19,24). The molecule has 0 bridgehead atoms. The highest BCUT2D eigenvalue weighted by atomic mass is 16.5. The van der Waals surface area contributed by atoms with Gasteiger partial charge < -0.3 is 19.3 Å². The van der Waals surface area contributed by atoms with Crippen LogP contribution in [0.4, 0.5) is 4.79 Å². The van der Waals surface area contributed by atoms with Crippen LogP contribution in [0.5, 0.6) is 0 Å². The molecule has 0 unspecified atom stereocenters. The number of nitrogens with one attached hydrogen (secondary N) is 1. The van der Waals surface area contributed by atoms with Crippen LogP contribution in [0, 0.1) is 0 Å². The summed E-state index contributed by atoms with van der Waals surface area (Å²) >= 11 is 0. The van der Waals surface area contributed by atoms with E-state index in [1.807, 2.05) is 26.0 Å². The molecule has 3 aromatic heterocycles. The van der Waals surface area contributed by atoms with E-state index in [1.54, 1.807) is 25.5 Å². The number of carbonyl (C=O) groups is 1. The fourth-order valence-electron chi connectivity index (χ4n) is 2.21. The van der Waals surface area contributed by atoms with Crippen molar-refractivity contribution in [2.45, 2.75) is 32.9 Å². The fraction of sp³-hybridized carbons (Fsp3) is 0.353. The van der Waals surface area contributed by atoms with Gasteiger partial charge in [0, 0.05) is 37.0 Å². The first-order valence-electron chi connectivity index (χ1n) is 8.20. The smallest absolute Gasteiger partial charge is 0.317 e. The van der Waals surface area contributed by atoms with Crippen molar-refractivity contribution in [2.24, 2.45) is 0 Å². The van der Waals surface area contributed by atoms with Gasteiger partial charge in [-0.15, -0.1) is 0 Å². The van der Waals surface area contributed by atoms with E-state index in [0.29, 0.717) is 23.2 Å². The van der Waals surface area contributed by atoms with Crippen LogP contribution >= 0.6 is 0 Å². The summed E-state index contributed by atoms with van der Waals surface area (Å²) in [6, 6.07) is 5.20. The van der Waals surface area contributed by atoms with Gasteiger partial charge in [0.05, 0.1) is 13.1 Å². The van der Waals surface area contributed by atoms with Gasteiger partial charge in [-0.2, -0.15) is 4.98 Å². The summed E-state index contributed by atoms with van der Waals surface area (Å²) < 4.78 is 10.4. The molecule has 3 aromatic rings. The number of hydrogen-bond acceptors (Lipinski definition) is 7. The highest BCUT2D eigenvalue weighted by Crippen LogP contribution is 2.18.